The maximum absolute atomic E-state index is 10.8. The van der Waals surface area contributed by atoms with Gasteiger partial charge in [0.25, 0.3) is 0 Å². The number of esters is 1. The molecule has 1 aliphatic heterocycles. The zero-order valence-corrected chi connectivity index (χ0v) is 10.5. The van der Waals surface area contributed by atoms with Crippen molar-refractivity contribution in [2.45, 2.75) is 31.7 Å². The van der Waals surface area contributed by atoms with Gasteiger partial charge >= 0.3 is 5.97 Å². The number of carbonyl (C=O) groups excluding carboxylic acids is 1. The van der Waals surface area contributed by atoms with Gasteiger partial charge in [-0.15, -0.1) is 0 Å². The predicted molar refractivity (Wildman–Crippen MR) is 66.7 cm³/mol. The van der Waals surface area contributed by atoms with E-state index in [0.29, 0.717) is 11.5 Å². The number of methoxy groups -OCH3 is 1. The van der Waals surface area contributed by atoms with Crippen LogP contribution in [0.15, 0.2) is 12.2 Å². The van der Waals surface area contributed by atoms with E-state index in [9.17, 15) is 4.79 Å². The molecule has 4 nitrogen and oxygen atoms in total. The van der Waals surface area contributed by atoms with Gasteiger partial charge in [0.15, 0.2) is 0 Å². The van der Waals surface area contributed by atoms with Crippen LogP contribution in [0.2, 0.25) is 0 Å². The molecule has 2 fully saturated rings. The minimum Gasteiger partial charge on any atom is -0.466 e. The zero-order chi connectivity index (χ0) is 12.1. The highest BCUT2D eigenvalue weighted by Gasteiger charge is 2.43. The standard InChI is InChI=1S/C13H22N2O2/c1-17-12(16)3-2-6-15-11-9-13(10-11)4-7-14-8-5-13/h2-3,11,14-15H,4-10H2,1H3/b3-2+. The van der Waals surface area contributed by atoms with Crippen molar-refractivity contribution in [1.82, 2.24) is 10.6 Å². The number of nitrogens with one attached hydrogen (secondary N) is 2. The van der Waals surface area contributed by atoms with Gasteiger partial charge in [-0.2, -0.15) is 0 Å². The Morgan fingerprint density at radius 2 is 2.18 bits per heavy atom. The van der Waals surface area contributed by atoms with Crippen LogP contribution in [0.5, 0.6) is 0 Å². The lowest BCUT2D eigenvalue weighted by atomic mass is 9.60. The monoisotopic (exact) mass is 238 g/mol. The van der Waals surface area contributed by atoms with Gasteiger partial charge in [0.05, 0.1) is 7.11 Å². The van der Waals surface area contributed by atoms with Crippen LogP contribution in [0.3, 0.4) is 0 Å². The van der Waals surface area contributed by atoms with Gasteiger partial charge in [-0.1, -0.05) is 6.08 Å². The van der Waals surface area contributed by atoms with Crippen molar-refractivity contribution in [2.75, 3.05) is 26.7 Å². The van der Waals surface area contributed by atoms with Crippen LogP contribution in [-0.4, -0.2) is 38.8 Å². The second-order valence-electron chi connectivity index (χ2n) is 5.19. The fraction of sp³-hybridized carbons (Fsp3) is 0.769. The van der Waals surface area contributed by atoms with E-state index < -0.39 is 0 Å². The molecule has 0 aromatic rings. The second-order valence-corrected chi connectivity index (χ2v) is 5.19. The molecule has 17 heavy (non-hydrogen) atoms. The Hall–Kier alpha value is -0.870. The summed E-state index contributed by atoms with van der Waals surface area (Å²) in [7, 11) is 1.40. The highest BCUT2D eigenvalue weighted by atomic mass is 16.5. The Morgan fingerprint density at radius 3 is 2.82 bits per heavy atom. The molecule has 0 unspecified atom stereocenters. The van der Waals surface area contributed by atoms with Crippen molar-refractivity contribution < 1.29 is 9.53 Å². The molecule has 0 aromatic heterocycles. The van der Waals surface area contributed by atoms with E-state index in [0.717, 1.165) is 6.54 Å². The first kappa shape index (κ1) is 12.6. The van der Waals surface area contributed by atoms with Gasteiger partial charge in [-0.25, -0.2) is 4.79 Å². The Labute approximate surface area is 103 Å². The van der Waals surface area contributed by atoms with Crippen molar-refractivity contribution in [3.05, 3.63) is 12.2 Å². The van der Waals surface area contributed by atoms with Crippen molar-refractivity contribution in [3.8, 4) is 0 Å². The van der Waals surface area contributed by atoms with Crippen molar-refractivity contribution >= 4 is 5.97 Å². The lowest BCUT2D eigenvalue weighted by Crippen LogP contribution is -2.53. The van der Waals surface area contributed by atoms with E-state index in [1.165, 1.54) is 52.0 Å². The molecule has 1 aliphatic carbocycles. The van der Waals surface area contributed by atoms with E-state index in [2.05, 4.69) is 15.4 Å². The number of piperidine rings is 1. The summed E-state index contributed by atoms with van der Waals surface area (Å²) in [5, 5.41) is 6.87. The van der Waals surface area contributed by atoms with Crippen molar-refractivity contribution in [1.29, 1.82) is 0 Å². The lowest BCUT2D eigenvalue weighted by molar-refractivity contribution is -0.134. The van der Waals surface area contributed by atoms with E-state index >= 15 is 0 Å². The average Bonchev–Trinajstić information content (AvgIpc) is 2.33. The molecule has 96 valence electrons. The number of hydrogen-bond acceptors (Lipinski definition) is 4. The molecule has 1 saturated carbocycles. The van der Waals surface area contributed by atoms with Gasteiger partial charge in [0.2, 0.25) is 0 Å². The molecule has 1 heterocycles. The first-order chi connectivity index (χ1) is 8.24. The summed E-state index contributed by atoms with van der Waals surface area (Å²) in [6.07, 6.45) is 8.54. The quantitative estimate of drug-likeness (QED) is 0.563. The number of carbonyl (C=O) groups is 1. The molecule has 0 atom stereocenters. The molecule has 0 radical (unpaired) electrons. The maximum atomic E-state index is 10.8. The summed E-state index contributed by atoms with van der Waals surface area (Å²) in [4.78, 5) is 10.8. The van der Waals surface area contributed by atoms with Crippen molar-refractivity contribution in [3.63, 3.8) is 0 Å². The molecule has 4 heteroatoms. The van der Waals surface area contributed by atoms with Gasteiger partial charge in [-0.05, 0) is 44.2 Å². The molecule has 0 amide bonds. The number of rotatable bonds is 4. The summed E-state index contributed by atoms with van der Waals surface area (Å²) in [5.41, 5.74) is 0.620. The van der Waals surface area contributed by atoms with Crippen LogP contribution >= 0.6 is 0 Å². The van der Waals surface area contributed by atoms with Gasteiger partial charge in [0, 0.05) is 18.7 Å². The summed E-state index contributed by atoms with van der Waals surface area (Å²) in [6, 6.07) is 0.635. The molecule has 1 saturated heterocycles. The molecule has 0 aromatic carbocycles. The summed E-state index contributed by atoms with van der Waals surface area (Å²) in [5.74, 6) is -0.282. The fourth-order valence-electron chi connectivity index (χ4n) is 2.95. The third kappa shape index (κ3) is 3.30. The predicted octanol–water partition coefficient (Wildman–Crippen LogP) is 0.837. The van der Waals surface area contributed by atoms with Crippen LogP contribution in [-0.2, 0) is 9.53 Å². The minimum atomic E-state index is -0.282. The Kier molecular flexibility index (Phi) is 4.18. The van der Waals surface area contributed by atoms with Crippen LogP contribution < -0.4 is 10.6 Å². The molecular formula is C13H22N2O2. The second kappa shape index (κ2) is 5.65. The van der Waals surface area contributed by atoms with Crippen LogP contribution in [0, 0.1) is 5.41 Å². The van der Waals surface area contributed by atoms with E-state index in [1.54, 1.807) is 0 Å². The summed E-state index contributed by atoms with van der Waals surface area (Å²) in [6.45, 7) is 3.11. The first-order valence-electron chi connectivity index (χ1n) is 6.43. The van der Waals surface area contributed by atoms with Crippen LogP contribution in [0.25, 0.3) is 0 Å². The zero-order valence-electron chi connectivity index (χ0n) is 10.5. The minimum absolute atomic E-state index is 0.282. The average molecular weight is 238 g/mol. The van der Waals surface area contributed by atoms with Crippen LogP contribution in [0.1, 0.15) is 25.7 Å². The smallest absolute Gasteiger partial charge is 0.330 e. The molecular weight excluding hydrogens is 216 g/mol. The lowest BCUT2D eigenvalue weighted by Gasteiger charge is -2.50. The Balaban J connectivity index is 1.60. The SMILES string of the molecule is COC(=O)/C=C/CNC1CC2(CCNCC2)C1. The fourth-order valence-corrected chi connectivity index (χ4v) is 2.95. The third-order valence-electron chi connectivity index (χ3n) is 4.00. The van der Waals surface area contributed by atoms with Gasteiger partial charge < -0.3 is 15.4 Å². The molecule has 2 rings (SSSR count). The Bertz CT molecular complexity index is 288. The van der Waals surface area contributed by atoms with Gasteiger partial charge in [0.1, 0.15) is 0 Å². The molecule has 0 bridgehead atoms. The summed E-state index contributed by atoms with van der Waals surface area (Å²) >= 11 is 0. The number of ether oxygens (including phenoxy) is 1. The summed E-state index contributed by atoms with van der Waals surface area (Å²) < 4.78 is 4.53. The van der Waals surface area contributed by atoms with Crippen LogP contribution in [0.4, 0.5) is 0 Å². The Morgan fingerprint density at radius 1 is 1.47 bits per heavy atom. The molecule has 1 spiro atoms. The molecule has 2 N–H and O–H groups in total. The van der Waals surface area contributed by atoms with Gasteiger partial charge in [-0.3, -0.25) is 0 Å². The largest absolute Gasteiger partial charge is 0.466 e. The number of hydrogen-bond donors (Lipinski definition) is 2. The van der Waals surface area contributed by atoms with E-state index in [4.69, 9.17) is 0 Å². The third-order valence-corrected chi connectivity index (χ3v) is 4.00. The molecule has 2 aliphatic rings. The van der Waals surface area contributed by atoms with E-state index in [1.807, 2.05) is 6.08 Å². The first-order valence-corrected chi connectivity index (χ1v) is 6.43. The van der Waals surface area contributed by atoms with E-state index in [-0.39, 0.29) is 5.97 Å². The highest BCUT2D eigenvalue weighted by molar-refractivity contribution is 5.81. The van der Waals surface area contributed by atoms with Crippen molar-refractivity contribution in [2.24, 2.45) is 5.41 Å². The maximum Gasteiger partial charge on any atom is 0.330 e. The highest BCUT2D eigenvalue weighted by Crippen LogP contribution is 2.47. The normalized spacial score (nSPS) is 23.8. The topological polar surface area (TPSA) is 50.4 Å².